The molecule has 0 unspecified atom stereocenters. The van der Waals surface area contributed by atoms with Crippen molar-refractivity contribution in [3.63, 3.8) is 0 Å². The van der Waals surface area contributed by atoms with Crippen molar-refractivity contribution in [2.45, 2.75) is 0 Å². The van der Waals surface area contributed by atoms with Crippen LogP contribution in [0.4, 0.5) is 0 Å². The Labute approximate surface area is 379 Å². The van der Waals surface area contributed by atoms with Gasteiger partial charge in [0.25, 0.3) is 0 Å². The summed E-state index contributed by atoms with van der Waals surface area (Å²) >= 11 is 1.84. The van der Waals surface area contributed by atoms with Crippen LogP contribution in [0.1, 0.15) is 0 Å². The molecular formula is C61H37N3S. The fourth-order valence-corrected chi connectivity index (χ4v) is 11.0. The first-order chi connectivity index (χ1) is 32.2. The molecule has 302 valence electrons. The lowest BCUT2D eigenvalue weighted by molar-refractivity contribution is 1.08. The predicted octanol–water partition coefficient (Wildman–Crippen LogP) is 16.9. The Balaban J connectivity index is 1.17. The molecule has 4 heteroatoms. The van der Waals surface area contributed by atoms with Crippen LogP contribution in [0, 0.1) is 0 Å². The average molecular weight is 844 g/mol. The molecule has 0 aliphatic rings. The van der Waals surface area contributed by atoms with E-state index >= 15 is 0 Å². The summed E-state index contributed by atoms with van der Waals surface area (Å²) in [7, 11) is 0. The van der Waals surface area contributed by atoms with Crippen molar-refractivity contribution in [3.8, 4) is 67.5 Å². The van der Waals surface area contributed by atoms with Crippen LogP contribution in [0.3, 0.4) is 0 Å². The molecule has 0 spiro atoms. The Bertz CT molecular complexity index is 3920. The number of benzene rings is 11. The average Bonchev–Trinajstić information content (AvgIpc) is 3.74. The molecule has 0 fully saturated rings. The van der Waals surface area contributed by atoms with Gasteiger partial charge in [0.05, 0.1) is 0 Å². The number of hydrogen-bond donors (Lipinski definition) is 0. The number of hydrogen-bond acceptors (Lipinski definition) is 4. The molecule has 0 N–H and O–H groups in total. The summed E-state index contributed by atoms with van der Waals surface area (Å²) in [5.41, 5.74) is 9.61. The first kappa shape index (κ1) is 37.3. The van der Waals surface area contributed by atoms with Crippen LogP contribution in [0.25, 0.3) is 131 Å². The molecule has 0 saturated heterocycles. The summed E-state index contributed by atoms with van der Waals surface area (Å²) < 4.78 is 2.43. The normalized spacial score (nSPS) is 11.7. The summed E-state index contributed by atoms with van der Waals surface area (Å²) in [6.07, 6.45) is 0. The van der Waals surface area contributed by atoms with E-state index in [0.29, 0.717) is 17.5 Å². The summed E-state index contributed by atoms with van der Waals surface area (Å²) in [6.45, 7) is 0. The molecule has 13 rings (SSSR count). The van der Waals surface area contributed by atoms with E-state index < -0.39 is 0 Å². The van der Waals surface area contributed by atoms with E-state index in [1.54, 1.807) is 0 Å². The summed E-state index contributed by atoms with van der Waals surface area (Å²) in [5.74, 6) is 1.89. The molecule has 65 heavy (non-hydrogen) atoms. The molecule has 0 amide bonds. The van der Waals surface area contributed by atoms with E-state index in [-0.39, 0.29) is 0 Å². The van der Waals surface area contributed by atoms with Gasteiger partial charge in [-0.05, 0) is 107 Å². The lowest BCUT2D eigenvalue weighted by atomic mass is 9.89. The maximum atomic E-state index is 5.65. The van der Waals surface area contributed by atoms with Crippen molar-refractivity contribution in [1.29, 1.82) is 0 Å². The van der Waals surface area contributed by atoms with Crippen molar-refractivity contribution in [3.05, 3.63) is 224 Å². The second-order valence-electron chi connectivity index (χ2n) is 16.7. The Morgan fingerprint density at radius 1 is 0.246 bits per heavy atom. The number of rotatable bonds is 6. The highest BCUT2D eigenvalue weighted by molar-refractivity contribution is 7.26. The van der Waals surface area contributed by atoms with Gasteiger partial charge in [0, 0.05) is 42.2 Å². The molecule has 0 atom stereocenters. The van der Waals surface area contributed by atoms with Crippen molar-refractivity contribution < 1.29 is 0 Å². The van der Waals surface area contributed by atoms with Crippen LogP contribution in [-0.2, 0) is 0 Å². The number of thiophene rings is 1. The van der Waals surface area contributed by atoms with Gasteiger partial charge in [-0.25, -0.2) is 15.0 Å². The van der Waals surface area contributed by atoms with Crippen LogP contribution in [-0.4, -0.2) is 15.0 Å². The first-order valence-corrected chi connectivity index (χ1v) is 22.8. The molecule has 11 aromatic carbocycles. The Morgan fingerprint density at radius 2 is 0.677 bits per heavy atom. The van der Waals surface area contributed by atoms with Crippen LogP contribution in [0.15, 0.2) is 224 Å². The van der Waals surface area contributed by atoms with Gasteiger partial charge in [0.15, 0.2) is 17.5 Å². The minimum absolute atomic E-state index is 0.618. The standard InChI is InChI=1S/C61H37N3S/c1-4-16-38(17-5-1)41-28-30-42(31-29-41)59-62-60(47-33-45(39-18-6-2-7-19-39)32-46(34-47)40-20-8-3-9-21-40)64-61(63-59)58-56-51-27-15-14-25-49(51)48-24-12-13-26-50(48)52(56)37-55-57(58)53-35-43-22-10-11-23-44(43)36-54(53)65-55/h1-37H. The highest BCUT2D eigenvalue weighted by Gasteiger charge is 2.24. The smallest absolute Gasteiger partial charge is 0.165 e. The Kier molecular flexibility index (Phi) is 8.71. The van der Waals surface area contributed by atoms with E-state index in [2.05, 4.69) is 224 Å². The fourth-order valence-electron chi connectivity index (χ4n) is 9.77. The van der Waals surface area contributed by atoms with E-state index in [9.17, 15) is 0 Å². The summed E-state index contributed by atoms with van der Waals surface area (Å²) in [4.78, 5) is 16.6. The minimum Gasteiger partial charge on any atom is -0.208 e. The molecule has 2 heterocycles. The number of nitrogens with zero attached hydrogens (tertiary/aromatic N) is 3. The highest BCUT2D eigenvalue weighted by atomic mass is 32.1. The molecule has 0 saturated carbocycles. The summed E-state index contributed by atoms with van der Waals surface area (Å²) in [5, 5.41) is 11.9. The van der Waals surface area contributed by atoms with Gasteiger partial charge in [0.1, 0.15) is 0 Å². The zero-order valence-electron chi connectivity index (χ0n) is 35.1. The molecule has 3 nitrogen and oxygen atoms in total. The quantitative estimate of drug-likeness (QED) is 0.157. The molecule has 0 bridgehead atoms. The van der Waals surface area contributed by atoms with Crippen LogP contribution < -0.4 is 0 Å². The summed E-state index contributed by atoms with van der Waals surface area (Å²) in [6, 6.07) is 80.5. The monoisotopic (exact) mass is 843 g/mol. The van der Waals surface area contributed by atoms with Crippen molar-refractivity contribution in [1.82, 2.24) is 15.0 Å². The third kappa shape index (κ3) is 6.37. The minimum atomic E-state index is 0.618. The van der Waals surface area contributed by atoms with Crippen molar-refractivity contribution >= 4 is 74.6 Å². The third-order valence-electron chi connectivity index (χ3n) is 12.8. The maximum absolute atomic E-state index is 5.65. The van der Waals surface area contributed by atoms with Crippen LogP contribution >= 0.6 is 11.3 Å². The van der Waals surface area contributed by atoms with E-state index in [1.165, 1.54) is 52.5 Å². The van der Waals surface area contributed by atoms with Crippen LogP contribution in [0.2, 0.25) is 0 Å². The predicted molar refractivity (Wildman–Crippen MR) is 275 cm³/mol. The largest absolute Gasteiger partial charge is 0.208 e. The van der Waals surface area contributed by atoms with Gasteiger partial charge in [0.2, 0.25) is 0 Å². The Morgan fingerprint density at radius 3 is 1.29 bits per heavy atom. The number of fused-ring (bicyclic) bond motifs is 10. The fraction of sp³-hybridized carbons (Fsp3) is 0. The molecule has 0 aliphatic carbocycles. The Hall–Kier alpha value is -8.31. The van der Waals surface area contributed by atoms with E-state index in [1.807, 2.05) is 11.3 Å². The third-order valence-corrected chi connectivity index (χ3v) is 13.9. The lowest BCUT2D eigenvalue weighted by Crippen LogP contribution is -2.02. The zero-order valence-corrected chi connectivity index (χ0v) is 35.9. The van der Waals surface area contributed by atoms with Gasteiger partial charge < -0.3 is 0 Å². The van der Waals surface area contributed by atoms with Gasteiger partial charge in [-0.1, -0.05) is 188 Å². The topological polar surface area (TPSA) is 38.7 Å². The van der Waals surface area contributed by atoms with Crippen molar-refractivity contribution in [2.24, 2.45) is 0 Å². The molecule has 13 aromatic rings. The molecule has 0 radical (unpaired) electrons. The first-order valence-electron chi connectivity index (χ1n) is 22.0. The van der Waals surface area contributed by atoms with Crippen molar-refractivity contribution in [2.75, 3.05) is 0 Å². The SMILES string of the molecule is c1ccc(-c2ccc(-c3nc(-c4cc(-c5ccccc5)cc(-c5ccccc5)c4)nc(-c4c5c(cc6c7ccccc7c7ccccc7c46)sc4cc6ccccc6cc45)n3)cc2)cc1. The number of aromatic nitrogens is 3. The zero-order chi connectivity index (χ0) is 42.8. The lowest BCUT2D eigenvalue weighted by Gasteiger charge is -2.17. The van der Waals surface area contributed by atoms with Crippen LogP contribution in [0.5, 0.6) is 0 Å². The van der Waals surface area contributed by atoms with Gasteiger partial charge >= 0.3 is 0 Å². The van der Waals surface area contributed by atoms with Gasteiger partial charge in [-0.2, -0.15) is 0 Å². The second-order valence-corrected chi connectivity index (χ2v) is 17.8. The van der Waals surface area contributed by atoms with Gasteiger partial charge in [-0.3, -0.25) is 0 Å². The second kappa shape index (κ2) is 15.2. The molecule has 0 aliphatic heterocycles. The van der Waals surface area contributed by atoms with Gasteiger partial charge in [-0.15, -0.1) is 11.3 Å². The molecule has 2 aromatic heterocycles. The maximum Gasteiger partial charge on any atom is 0.165 e. The van der Waals surface area contributed by atoms with E-state index in [4.69, 9.17) is 15.0 Å². The highest BCUT2D eigenvalue weighted by Crippen LogP contribution is 2.49. The molecular weight excluding hydrogens is 807 g/mol. The van der Waals surface area contributed by atoms with E-state index in [0.717, 1.165) is 60.8 Å².